The zero-order valence-electron chi connectivity index (χ0n) is 14.4. The molecule has 0 aromatic heterocycles. The molecule has 1 amide bonds. The summed E-state index contributed by atoms with van der Waals surface area (Å²) in [6, 6.07) is 7.42. The summed E-state index contributed by atoms with van der Waals surface area (Å²) in [6.07, 6.45) is 2.86. The van der Waals surface area contributed by atoms with Gasteiger partial charge in [0.1, 0.15) is 11.4 Å². The van der Waals surface area contributed by atoms with Gasteiger partial charge in [0, 0.05) is 12.3 Å². The Hall–Kier alpha value is -1.55. The first-order valence-electron chi connectivity index (χ1n) is 8.13. The van der Waals surface area contributed by atoms with Crippen LogP contribution in [0.15, 0.2) is 24.3 Å². The summed E-state index contributed by atoms with van der Waals surface area (Å²) in [4.78, 5) is 12.5. The van der Waals surface area contributed by atoms with E-state index in [0.29, 0.717) is 6.61 Å². The molecule has 1 atom stereocenters. The monoisotopic (exact) mass is 307 g/mol. The van der Waals surface area contributed by atoms with Crippen molar-refractivity contribution >= 4 is 11.6 Å². The molecule has 0 spiro atoms. The number of ether oxygens (including phenoxy) is 2. The van der Waals surface area contributed by atoms with Crippen LogP contribution in [0.1, 0.15) is 53.9 Å². The van der Waals surface area contributed by atoms with Crippen LogP contribution < -0.4 is 10.1 Å². The molecule has 0 aliphatic carbocycles. The number of carbonyl (C=O) groups is 1. The maximum atomic E-state index is 12.5. The van der Waals surface area contributed by atoms with E-state index in [1.807, 2.05) is 52.0 Å². The third-order valence-electron chi connectivity index (χ3n) is 3.43. The minimum absolute atomic E-state index is 0.0969. The summed E-state index contributed by atoms with van der Waals surface area (Å²) in [7, 11) is 0. The standard InChI is InChI=1S/C18H29NO3/c1-6-8-13-18(5,21-7-2)17(20)19-15-9-11-16(12-10-15)22-14(3)4/h9-12,14H,6-8,13H2,1-5H3,(H,19,20)/t18-/m0/s1. The average molecular weight is 307 g/mol. The number of anilines is 1. The van der Waals surface area contributed by atoms with E-state index >= 15 is 0 Å². The van der Waals surface area contributed by atoms with E-state index in [4.69, 9.17) is 9.47 Å². The van der Waals surface area contributed by atoms with Crippen molar-refractivity contribution in [2.75, 3.05) is 11.9 Å². The van der Waals surface area contributed by atoms with E-state index in [2.05, 4.69) is 12.2 Å². The fourth-order valence-corrected chi connectivity index (χ4v) is 2.24. The summed E-state index contributed by atoms with van der Waals surface area (Å²) in [5, 5.41) is 2.94. The predicted octanol–water partition coefficient (Wildman–Crippen LogP) is 4.40. The molecule has 4 nitrogen and oxygen atoms in total. The maximum absolute atomic E-state index is 12.5. The molecule has 124 valence electrons. The molecule has 0 aliphatic rings. The van der Waals surface area contributed by atoms with Crippen LogP contribution in [0.3, 0.4) is 0 Å². The Morgan fingerprint density at radius 2 is 1.86 bits per heavy atom. The van der Waals surface area contributed by atoms with E-state index in [1.54, 1.807) is 0 Å². The first-order valence-corrected chi connectivity index (χ1v) is 8.13. The summed E-state index contributed by atoms with van der Waals surface area (Å²) in [5.74, 6) is 0.701. The van der Waals surface area contributed by atoms with Gasteiger partial charge in [0.25, 0.3) is 5.91 Å². The van der Waals surface area contributed by atoms with Crippen molar-refractivity contribution in [3.8, 4) is 5.75 Å². The van der Waals surface area contributed by atoms with Crippen molar-refractivity contribution < 1.29 is 14.3 Å². The summed E-state index contributed by atoms with van der Waals surface area (Å²) >= 11 is 0. The highest BCUT2D eigenvalue weighted by Gasteiger charge is 2.33. The molecule has 1 aromatic carbocycles. The average Bonchev–Trinajstić information content (AvgIpc) is 2.47. The third kappa shape index (κ3) is 5.68. The number of benzene rings is 1. The Morgan fingerprint density at radius 3 is 2.36 bits per heavy atom. The SMILES string of the molecule is CCCC[C@](C)(OCC)C(=O)Nc1ccc(OC(C)C)cc1. The Morgan fingerprint density at radius 1 is 1.23 bits per heavy atom. The number of unbranched alkanes of at least 4 members (excludes halogenated alkanes) is 1. The molecule has 0 unspecified atom stereocenters. The van der Waals surface area contributed by atoms with Crippen molar-refractivity contribution in [1.82, 2.24) is 0 Å². The first kappa shape index (κ1) is 18.5. The van der Waals surface area contributed by atoms with Crippen LogP contribution in [0.4, 0.5) is 5.69 Å². The van der Waals surface area contributed by atoms with E-state index in [1.165, 1.54) is 0 Å². The summed E-state index contributed by atoms with van der Waals surface area (Å²) in [6.45, 7) is 10.4. The Kier molecular flexibility index (Phi) is 7.39. The third-order valence-corrected chi connectivity index (χ3v) is 3.43. The van der Waals surface area contributed by atoms with Crippen LogP contribution in [0, 0.1) is 0 Å². The molecule has 1 N–H and O–H groups in total. The molecule has 0 saturated carbocycles. The molecule has 22 heavy (non-hydrogen) atoms. The van der Waals surface area contributed by atoms with Gasteiger partial charge in [-0.15, -0.1) is 0 Å². The van der Waals surface area contributed by atoms with Crippen LogP contribution in [0.5, 0.6) is 5.75 Å². The Balaban J connectivity index is 2.72. The predicted molar refractivity (Wildman–Crippen MR) is 90.4 cm³/mol. The van der Waals surface area contributed by atoms with Crippen molar-refractivity contribution in [2.24, 2.45) is 0 Å². The van der Waals surface area contributed by atoms with Crippen LogP contribution in [-0.2, 0) is 9.53 Å². The summed E-state index contributed by atoms with van der Waals surface area (Å²) < 4.78 is 11.3. The number of carbonyl (C=O) groups excluding carboxylic acids is 1. The molecule has 0 heterocycles. The highest BCUT2D eigenvalue weighted by Crippen LogP contribution is 2.23. The van der Waals surface area contributed by atoms with E-state index < -0.39 is 5.60 Å². The lowest BCUT2D eigenvalue weighted by molar-refractivity contribution is -0.139. The molecule has 1 rings (SSSR count). The van der Waals surface area contributed by atoms with Gasteiger partial charge < -0.3 is 14.8 Å². The fraction of sp³-hybridized carbons (Fsp3) is 0.611. The minimum atomic E-state index is -0.780. The van der Waals surface area contributed by atoms with Crippen LogP contribution in [-0.4, -0.2) is 24.2 Å². The molecular formula is C18H29NO3. The Bertz CT molecular complexity index is 456. The molecular weight excluding hydrogens is 278 g/mol. The van der Waals surface area contributed by atoms with Gasteiger partial charge in [-0.05, 0) is 58.4 Å². The summed E-state index contributed by atoms with van der Waals surface area (Å²) in [5.41, 5.74) is -0.0266. The molecule has 0 radical (unpaired) electrons. The smallest absolute Gasteiger partial charge is 0.256 e. The second-order valence-corrected chi connectivity index (χ2v) is 5.91. The number of hydrogen-bond acceptors (Lipinski definition) is 3. The molecule has 0 bridgehead atoms. The lowest BCUT2D eigenvalue weighted by Gasteiger charge is -2.28. The minimum Gasteiger partial charge on any atom is -0.491 e. The number of rotatable bonds is 9. The maximum Gasteiger partial charge on any atom is 0.256 e. The van der Waals surface area contributed by atoms with Gasteiger partial charge in [0.15, 0.2) is 0 Å². The van der Waals surface area contributed by atoms with Gasteiger partial charge >= 0.3 is 0 Å². The van der Waals surface area contributed by atoms with E-state index in [9.17, 15) is 4.79 Å². The number of nitrogens with one attached hydrogen (secondary N) is 1. The Labute approximate surface area is 134 Å². The number of amides is 1. The van der Waals surface area contributed by atoms with Gasteiger partial charge in [-0.25, -0.2) is 0 Å². The topological polar surface area (TPSA) is 47.6 Å². The zero-order valence-corrected chi connectivity index (χ0v) is 14.4. The molecule has 4 heteroatoms. The highest BCUT2D eigenvalue weighted by atomic mass is 16.5. The van der Waals surface area contributed by atoms with Crippen molar-refractivity contribution in [1.29, 1.82) is 0 Å². The normalized spacial score (nSPS) is 13.7. The van der Waals surface area contributed by atoms with Gasteiger partial charge in [0.2, 0.25) is 0 Å². The van der Waals surface area contributed by atoms with E-state index in [0.717, 1.165) is 30.7 Å². The molecule has 0 aliphatic heterocycles. The second kappa shape index (κ2) is 8.79. The van der Waals surface area contributed by atoms with Crippen molar-refractivity contribution in [3.63, 3.8) is 0 Å². The second-order valence-electron chi connectivity index (χ2n) is 5.91. The van der Waals surface area contributed by atoms with Crippen molar-refractivity contribution in [2.45, 2.75) is 65.6 Å². The van der Waals surface area contributed by atoms with E-state index in [-0.39, 0.29) is 12.0 Å². The lowest BCUT2D eigenvalue weighted by atomic mass is 9.97. The lowest BCUT2D eigenvalue weighted by Crippen LogP contribution is -2.42. The fourth-order valence-electron chi connectivity index (χ4n) is 2.24. The van der Waals surface area contributed by atoms with Gasteiger partial charge in [-0.2, -0.15) is 0 Å². The highest BCUT2D eigenvalue weighted by molar-refractivity contribution is 5.97. The number of hydrogen-bond donors (Lipinski definition) is 1. The van der Waals surface area contributed by atoms with Crippen LogP contribution in [0.2, 0.25) is 0 Å². The first-order chi connectivity index (χ1) is 10.4. The largest absolute Gasteiger partial charge is 0.491 e. The molecule has 0 saturated heterocycles. The van der Waals surface area contributed by atoms with Gasteiger partial charge in [-0.3, -0.25) is 4.79 Å². The molecule has 0 fully saturated rings. The zero-order chi connectivity index (χ0) is 16.6. The van der Waals surface area contributed by atoms with Gasteiger partial charge in [-0.1, -0.05) is 19.8 Å². The quantitative estimate of drug-likeness (QED) is 0.735. The van der Waals surface area contributed by atoms with Gasteiger partial charge in [0.05, 0.1) is 6.10 Å². The van der Waals surface area contributed by atoms with Crippen LogP contribution >= 0.6 is 0 Å². The van der Waals surface area contributed by atoms with Crippen LogP contribution in [0.25, 0.3) is 0 Å². The molecule has 1 aromatic rings. The van der Waals surface area contributed by atoms with Crippen molar-refractivity contribution in [3.05, 3.63) is 24.3 Å².